The fourth-order valence-electron chi connectivity index (χ4n) is 4.51. The maximum Gasteiger partial charge on any atom is 0.333 e. The smallest absolute Gasteiger partial charge is 0.333 e. The van der Waals surface area contributed by atoms with Crippen LogP contribution in [0.5, 0.6) is 11.5 Å². The zero-order chi connectivity index (χ0) is 33.7. The lowest BCUT2D eigenvalue weighted by Gasteiger charge is -2.31. The Labute approximate surface area is 267 Å². The van der Waals surface area contributed by atoms with Gasteiger partial charge in [-0.1, -0.05) is 6.42 Å². The van der Waals surface area contributed by atoms with Gasteiger partial charge in [0.15, 0.2) is 6.10 Å². The van der Waals surface area contributed by atoms with Gasteiger partial charge in [0.05, 0.1) is 24.7 Å². The number of aliphatic hydroxyl groups is 1. The summed E-state index contributed by atoms with van der Waals surface area (Å²) in [5.74, 6) is -1.66. The number of aliphatic hydroxyl groups excluding tert-OH is 1. The Hall–Kier alpha value is -4.01. The summed E-state index contributed by atoms with van der Waals surface area (Å²) in [6, 6.07) is 4.90. The highest BCUT2D eigenvalue weighted by atomic mass is 16.7. The van der Waals surface area contributed by atoms with Gasteiger partial charge in [-0.2, -0.15) is 0 Å². The maximum atomic E-state index is 12.3. The number of ether oxygens (including phenoxy) is 5. The van der Waals surface area contributed by atoms with Crippen molar-refractivity contribution in [2.75, 3.05) is 32.9 Å². The Bertz CT molecular complexity index is 1240. The Morgan fingerprint density at radius 2 is 1.76 bits per heavy atom. The van der Waals surface area contributed by atoms with Crippen LogP contribution in [-0.4, -0.2) is 96.2 Å². The van der Waals surface area contributed by atoms with Crippen LogP contribution in [0.4, 0.5) is 0 Å². The molecule has 1 aromatic carbocycles. The molecule has 0 aliphatic carbocycles. The highest BCUT2D eigenvalue weighted by molar-refractivity contribution is 6.12. The van der Waals surface area contributed by atoms with Crippen LogP contribution in [0.3, 0.4) is 0 Å². The Balaban J connectivity index is 1.38. The molecule has 0 spiro atoms. The third-order valence-electron chi connectivity index (χ3n) is 7.06. The standard InChI is InChI=1S/C32H44N2O12/c1-32(2,3)31(41)44-20-21-8-9-23(19-24(21)45-29-18-22(35)17-25(46-29)30(39)40)43-16-15-42-14-12-33-26(36)7-5-4-6-13-34-27(37)10-11-28(34)38/h8-11,19,22,25,29,35H,4-7,12-18,20H2,1-3H3,(H,33,36)(H,39,40). The largest absolute Gasteiger partial charge is 0.491 e. The van der Waals surface area contributed by atoms with Crippen LogP contribution in [0.1, 0.15) is 64.9 Å². The van der Waals surface area contributed by atoms with E-state index in [-0.39, 0.29) is 62.7 Å². The van der Waals surface area contributed by atoms with Crippen molar-refractivity contribution in [3.05, 3.63) is 35.9 Å². The number of carboxylic acids is 1. The van der Waals surface area contributed by atoms with Gasteiger partial charge in [0, 0.05) is 56.1 Å². The molecule has 1 fully saturated rings. The SMILES string of the molecule is CC(C)(C)C(=O)OCc1ccc(OCCOCCNC(=O)CCCCCN2C(=O)C=CC2=O)cc1OC1CC(O)CC(C(=O)O)O1. The summed E-state index contributed by atoms with van der Waals surface area (Å²) in [5.41, 5.74) is -0.210. The minimum absolute atomic E-state index is 0.0522. The number of carbonyl (C=O) groups excluding carboxylic acids is 4. The second kappa shape index (κ2) is 17.6. The Morgan fingerprint density at radius 3 is 2.46 bits per heavy atom. The predicted octanol–water partition coefficient (Wildman–Crippen LogP) is 2.10. The normalized spacial score (nSPS) is 19.7. The molecule has 46 heavy (non-hydrogen) atoms. The fourth-order valence-corrected chi connectivity index (χ4v) is 4.51. The van der Waals surface area contributed by atoms with Crippen molar-refractivity contribution in [2.45, 2.75) is 84.4 Å². The van der Waals surface area contributed by atoms with E-state index in [0.717, 1.165) is 0 Å². The average Bonchev–Trinajstić information content (AvgIpc) is 3.31. The second-order valence-electron chi connectivity index (χ2n) is 12.0. The molecule has 3 rings (SSSR count). The molecule has 0 bridgehead atoms. The summed E-state index contributed by atoms with van der Waals surface area (Å²) >= 11 is 0. The molecular formula is C32H44N2O12. The van der Waals surface area contributed by atoms with Gasteiger partial charge in [-0.05, 0) is 45.7 Å². The van der Waals surface area contributed by atoms with Crippen molar-refractivity contribution in [2.24, 2.45) is 5.41 Å². The number of unbranched alkanes of at least 4 members (excludes halogenated alkanes) is 2. The number of carbonyl (C=O) groups is 5. The van der Waals surface area contributed by atoms with Gasteiger partial charge in [-0.25, -0.2) is 4.79 Å². The lowest BCUT2D eigenvalue weighted by molar-refractivity contribution is -0.195. The zero-order valence-corrected chi connectivity index (χ0v) is 26.5. The minimum atomic E-state index is -1.22. The highest BCUT2D eigenvalue weighted by Crippen LogP contribution is 2.30. The summed E-state index contributed by atoms with van der Waals surface area (Å²) < 4.78 is 28.2. The van der Waals surface area contributed by atoms with Gasteiger partial charge < -0.3 is 39.2 Å². The number of imide groups is 1. The molecule has 0 aromatic heterocycles. The van der Waals surface area contributed by atoms with Gasteiger partial charge in [-0.3, -0.25) is 24.1 Å². The molecule has 14 nitrogen and oxygen atoms in total. The molecular weight excluding hydrogens is 604 g/mol. The van der Waals surface area contributed by atoms with E-state index >= 15 is 0 Å². The molecule has 0 saturated carbocycles. The molecule has 254 valence electrons. The van der Waals surface area contributed by atoms with Crippen LogP contribution in [0, 0.1) is 5.41 Å². The van der Waals surface area contributed by atoms with E-state index in [0.29, 0.717) is 50.1 Å². The van der Waals surface area contributed by atoms with Crippen molar-refractivity contribution >= 4 is 29.7 Å². The van der Waals surface area contributed by atoms with Crippen molar-refractivity contribution in [1.29, 1.82) is 0 Å². The molecule has 3 amide bonds. The van der Waals surface area contributed by atoms with Crippen LogP contribution >= 0.6 is 0 Å². The fraction of sp³-hybridized carbons (Fsp3) is 0.594. The average molecular weight is 649 g/mol. The quantitative estimate of drug-likeness (QED) is 0.120. The third-order valence-corrected chi connectivity index (χ3v) is 7.06. The van der Waals surface area contributed by atoms with Gasteiger partial charge in [-0.15, -0.1) is 0 Å². The van der Waals surface area contributed by atoms with Crippen molar-refractivity contribution in [3.8, 4) is 11.5 Å². The van der Waals surface area contributed by atoms with Gasteiger partial charge in [0.25, 0.3) is 11.8 Å². The molecule has 3 atom stereocenters. The number of nitrogens with one attached hydrogen (secondary N) is 1. The Morgan fingerprint density at radius 1 is 1.02 bits per heavy atom. The Kier molecular flexibility index (Phi) is 14.0. The van der Waals surface area contributed by atoms with Crippen LogP contribution < -0.4 is 14.8 Å². The number of rotatable bonds is 18. The van der Waals surface area contributed by atoms with Crippen molar-refractivity contribution < 1.29 is 57.9 Å². The van der Waals surface area contributed by atoms with Crippen LogP contribution in [0.15, 0.2) is 30.4 Å². The minimum Gasteiger partial charge on any atom is -0.491 e. The van der Waals surface area contributed by atoms with E-state index in [4.69, 9.17) is 23.7 Å². The molecule has 14 heteroatoms. The van der Waals surface area contributed by atoms with Crippen LogP contribution in [-0.2, 0) is 44.8 Å². The molecule has 1 aromatic rings. The molecule has 3 unspecified atom stereocenters. The number of aliphatic carboxylic acids is 1. The van der Waals surface area contributed by atoms with Crippen LogP contribution in [0.2, 0.25) is 0 Å². The summed E-state index contributed by atoms with van der Waals surface area (Å²) in [4.78, 5) is 60.0. The number of nitrogens with zero attached hydrogens (tertiary/aromatic N) is 1. The summed E-state index contributed by atoms with van der Waals surface area (Å²) in [6.07, 6.45) is 1.65. The molecule has 1 saturated heterocycles. The van der Waals surface area contributed by atoms with E-state index < -0.39 is 35.9 Å². The molecule has 2 heterocycles. The maximum absolute atomic E-state index is 12.3. The van der Waals surface area contributed by atoms with Crippen molar-refractivity contribution in [1.82, 2.24) is 10.2 Å². The van der Waals surface area contributed by atoms with E-state index in [2.05, 4.69) is 5.32 Å². The first kappa shape index (κ1) is 36.5. The lowest BCUT2D eigenvalue weighted by Crippen LogP contribution is -2.42. The highest BCUT2D eigenvalue weighted by Gasteiger charge is 2.34. The first-order chi connectivity index (χ1) is 21.8. The lowest BCUT2D eigenvalue weighted by atomic mass is 9.97. The number of hydrogen-bond donors (Lipinski definition) is 3. The number of benzene rings is 1. The van der Waals surface area contributed by atoms with Gasteiger partial charge in [0.2, 0.25) is 12.2 Å². The number of amides is 3. The summed E-state index contributed by atoms with van der Waals surface area (Å²) in [5, 5.41) is 22.2. The van der Waals surface area contributed by atoms with Crippen LogP contribution in [0.25, 0.3) is 0 Å². The van der Waals surface area contributed by atoms with E-state index in [9.17, 15) is 34.2 Å². The van der Waals surface area contributed by atoms with Gasteiger partial charge in [0.1, 0.15) is 24.7 Å². The number of carboxylic acid groups (broad SMARTS) is 1. The third kappa shape index (κ3) is 12.1. The van der Waals surface area contributed by atoms with E-state index in [1.54, 1.807) is 39.0 Å². The monoisotopic (exact) mass is 648 g/mol. The molecule has 2 aliphatic rings. The first-order valence-corrected chi connectivity index (χ1v) is 15.4. The topological polar surface area (TPSA) is 187 Å². The zero-order valence-electron chi connectivity index (χ0n) is 26.5. The summed E-state index contributed by atoms with van der Waals surface area (Å²) in [7, 11) is 0. The number of esters is 1. The number of hydrogen-bond acceptors (Lipinski definition) is 11. The van der Waals surface area contributed by atoms with Crippen molar-refractivity contribution in [3.63, 3.8) is 0 Å². The molecule has 3 N–H and O–H groups in total. The first-order valence-electron chi connectivity index (χ1n) is 15.4. The van der Waals surface area contributed by atoms with E-state index in [1.807, 2.05) is 0 Å². The summed E-state index contributed by atoms with van der Waals surface area (Å²) in [6.45, 7) is 6.47. The predicted molar refractivity (Wildman–Crippen MR) is 162 cm³/mol. The van der Waals surface area contributed by atoms with Gasteiger partial charge >= 0.3 is 11.9 Å². The second-order valence-corrected chi connectivity index (χ2v) is 12.0. The molecule has 2 aliphatic heterocycles. The molecule has 0 radical (unpaired) electrons. The van der Waals surface area contributed by atoms with E-state index in [1.165, 1.54) is 17.1 Å².